The van der Waals surface area contributed by atoms with Crippen molar-refractivity contribution in [3.63, 3.8) is 0 Å². The molecule has 0 aliphatic carbocycles. The molecule has 0 amide bonds. The van der Waals surface area contributed by atoms with Gasteiger partial charge >= 0.3 is 87.9 Å². The van der Waals surface area contributed by atoms with Gasteiger partial charge in [-0.3, -0.25) is 4.70 Å². The van der Waals surface area contributed by atoms with E-state index in [1.54, 1.807) is 0 Å². The van der Waals surface area contributed by atoms with Gasteiger partial charge in [-0.25, -0.2) is 0 Å². The van der Waals surface area contributed by atoms with E-state index in [9.17, 15) is 0 Å². The average Bonchev–Trinajstić information content (AvgIpc) is 2.61. The number of halogens is 1. The van der Waals surface area contributed by atoms with Crippen LogP contribution in [0, 0.1) is 0 Å². The van der Waals surface area contributed by atoms with Crippen molar-refractivity contribution >= 4 is 87.9 Å². The first kappa shape index (κ1) is 86.7. The Morgan fingerprint density at radius 2 is 0.102 bits per heavy atom. The molecule has 0 aliphatic rings. The summed E-state index contributed by atoms with van der Waals surface area (Å²) in [5.74, 6) is 0. The van der Waals surface area contributed by atoms with Crippen LogP contribution < -0.4 is 0 Å². The van der Waals surface area contributed by atoms with E-state index in [-0.39, 0.29) is 4.70 Å². The monoisotopic (exact) mass is 764 g/mol. The quantitative estimate of drug-likeness (QED) is 0.102. The molecule has 0 spiro atoms. The van der Waals surface area contributed by atoms with Gasteiger partial charge in [-0.1, -0.05) is 0 Å². The van der Waals surface area contributed by atoms with Gasteiger partial charge < -0.3 is 181 Å². The second-order valence-electron chi connectivity index (χ2n) is 4.16. The first-order valence-corrected chi connectivity index (χ1v) is 9.30. The van der Waals surface area contributed by atoms with E-state index < -0.39 is 87.9 Å². The summed E-state index contributed by atoms with van der Waals surface area (Å²) in [6.45, 7) is 0. The van der Waals surface area contributed by atoms with Crippen LogP contribution in [0.3, 0.4) is 0 Å². The van der Waals surface area contributed by atoms with Crippen molar-refractivity contribution in [3.8, 4) is 0 Å². The third-order valence-corrected chi connectivity index (χ3v) is 0. The minimum Gasteiger partial charge on any atom is -0.402 e. The van der Waals surface area contributed by atoms with Crippen LogP contribution in [0.4, 0.5) is 4.70 Å². The van der Waals surface area contributed by atoms with Crippen LogP contribution in [-0.4, -0.2) is 269 Å². The lowest BCUT2D eigenvalue weighted by molar-refractivity contribution is 0.276. The highest BCUT2D eigenvalue weighted by molar-refractivity contribution is 6.33. The Kier molecular flexibility index (Phi) is 144. The largest absolute Gasteiger partial charge is 0.631 e. The lowest BCUT2D eigenvalue weighted by Gasteiger charge is -1.69. The Bertz CT molecular complexity index is 232. The molecule has 0 aromatic rings. The summed E-state index contributed by atoms with van der Waals surface area (Å²) in [4.78, 5) is 0. The van der Waals surface area contributed by atoms with Gasteiger partial charge in [0, 0.05) is 0 Å². The Morgan fingerprint density at radius 3 is 0.102 bits per heavy atom. The van der Waals surface area contributed by atoms with E-state index in [0.717, 1.165) is 0 Å². The van der Waals surface area contributed by atoms with Gasteiger partial charge in [0.2, 0.25) is 0 Å². The van der Waals surface area contributed by atoms with Crippen LogP contribution in [0.15, 0.2) is 0 Å². The summed E-state index contributed by atoms with van der Waals surface area (Å²) in [6, 6.07) is 0. The number of hydrogen-bond donors (Lipinski definition) is 36. The lowest BCUT2D eigenvalue weighted by Crippen LogP contribution is -2.07. The molecule has 0 rings (SSSR count). The van der Waals surface area contributed by atoms with E-state index in [2.05, 4.69) is 0 Å². The SMILES string of the molecule is F.OB(O)O.OB(O)O.OB(O)O.OB(O)O.OB(O)O.OB(O)O.OB(O)O.OB(O)O.OB(O)O.OB(O)O.OB(O)O.OB(O)O. The lowest BCUT2D eigenvalue weighted by atomic mass is 10.3. The van der Waals surface area contributed by atoms with Crippen LogP contribution >= 0.6 is 0 Å². The van der Waals surface area contributed by atoms with Crippen LogP contribution in [0.25, 0.3) is 0 Å². The predicted octanol–water partition coefficient (Wildman–Crippen LogP) is -24.5. The zero-order chi connectivity index (χ0) is 42.9. The molecule has 0 saturated carbocycles. The second-order valence-corrected chi connectivity index (χ2v) is 4.16. The Labute approximate surface area is 274 Å². The van der Waals surface area contributed by atoms with Crippen LogP contribution in [-0.2, 0) is 0 Å². The average molecular weight is 762 g/mol. The molecule has 0 fully saturated rings. The molecule has 0 radical (unpaired) electrons. The fourth-order valence-corrected chi connectivity index (χ4v) is 0. The van der Waals surface area contributed by atoms with E-state index in [1.165, 1.54) is 0 Å². The Morgan fingerprint density at radius 1 is 0.102 bits per heavy atom. The van der Waals surface area contributed by atoms with Gasteiger partial charge in [-0.2, -0.15) is 0 Å². The van der Waals surface area contributed by atoms with Crippen molar-refractivity contribution in [3.05, 3.63) is 0 Å². The maximum absolute atomic E-state index is 7.17. The predicted molar refractivity (Wildman–Crippen MR) is 151 cm³/mol. The zero-order valence-electron chi connectivity index (χ0n) is 23.4. The van der Waals surface area contributed by atoms with Gasteiger partial charge in [-0.05, 0) is 0 Å². The third kappa shape index (κ3) is 181000. The maximum atomic E-state index is 7.17. The van der Waals surface area contributed by atoms with Gasteiger partial charge in [0.1, 0.15) is 0 Å². The summed E-state index contributed by atoms with van der Waals surface area (Å²) in [7, 11) is -26.0. The van der Waals surface area contributed by atoms with E-state index >= 15 is 0 Å². The fraction of sp³-hybridized carbons (Fsp3) is 0. The van der Waals surface area contributed by atoms with Crippen LogP contribution in [0.5, 0.6) is 0 Å². The molecule has 0 bridgehead atoms. The number of hydrogen-bond acceptors (Lipinski definition) is 36. The standard InChI is InChI=1S/12BH3O3.FH/c12*2-1(3)4;/h12*2-4H;1H. The van der Waals surface area contributed by atoms with Crippen molar-refractivity contribution < 1.29 is 186 Å². The van der Waals surface area contributed by atoms with Crippen molar-refractivity contribution in [2.75, 3.05) is 0 Å². The highest BCUT2D eigenvalue weighted by atomic mass is 19.0. The molecule has 36 N–H and O–H groups in total. The normalized spacial score (nSPS) is 6.61. The topological polar surface area (TPSA) is 728 Å². The van der Waals surface area contributed by atoms with Crippen molar-refractivity contribution in [2.24, 2.45) is 0 Å². The summed E-state index contributed by atoms with van der Waals surface area (Å²) in [5.41, 5.74) is 0. The van der Waals surface area contributed by atoms with Gasteiger partial charge in [-0.15, -0.1) is 0 Å². The summed E-state index contributed by atoms with van der Waals surface area (Å²) in [6.07, 6.45) is 0. The summed E-state index contributed by atoms with van der Waals surface area (Å²) < 4.78 is 0. The third-order valence-electron chi connectivity index (χ3n) is 0. The van der Waals surface area contributed by atoms with E-state index in [0.29, 0.717) is 0 Å². The minimum absolute atomic E-state index is 0. The van der Waals surface area contributed by atoms with Crippen LogP contribution in [0.1, 0.15) is 0 Å². The van der Waals surface area contributed by atoms with Crippen molar-refractivity contribution in [1.29, 1.82) is 0 Å². The highest BCUT2D eigenvalue weighted by Gasteiger charge is 1.96. The molecule has 0 saturated heterocycles. The molecule has 49 heavy (non-hydrogen) atoms. The zero-order valence-corrected chi connectivity index (χ0v) is 23.4. The van der Waals surface area contributed by atoms with Crippen molar-refractivity contribution in [2.45, 2.75) is 0 Å². The van der Waals surface area contributed by atoms with Gasteiger partial charge in [0.25, 0.3) is 0 Å². The Balaban J connectivity index is -0.0000000262. The molecular weight excluding hydrogens is 725 g/mol. The second kappa shape index (κ2) is 81.4. The minimum atomic E-state index is -2.17. The fourth-order valence-electron chi connectivity index (χ4n) is 0. The smallest absolute Gasteiger partial charge is 0.402 e. The molecule has 0 atom stereocenters. The molecule has 36 nitrogen and oxygen atoms in total. The molecule has 0 aliphatic heterocycles. The molecule has 49 heteroatoms. The first-order chi connectivity index (χ1) is 20.8. The summed E-state index contributed by atoms with van der Waals surface area (Å²) in [5, 5.41) is 258. The maximum Gasteiger partial charge on any atom is 0.631 e. The van der Waals surface area contributed by atoms with Crippen molar-refractivity contribution in [1.82, 2.24) is 0 Å². The van der Waals surface area contributed by atoms with Crippen LogP contribution in [0.2, 0.25) is 0 Å². The number of rotatable bonds is 0. The first-order valence-electron chi connectivity index (χ1n) is 9.30. The molecule has 0 heterocycles. The highest BCUT2D eigenvalue weighted by Crippen LogP contribution is 1.44. The summed E-state index contributed by atoms with van der Waals surface area (Å²) >= 11 is 0. The van der Waals surface area contributed by atoms with Gasteiger partial charge in [0.05, 0.1) is 0 Å². The van der Waals surface area contributed by atoms with Gasteiger partial charge in [0.15, 0.2) is 0 Å². The molecule has 296 valence electrons. The molecular formula is H37B12FO36. The molecule has 0 aromatic carbocycles. The van der Waals surface area contributed by atoms with E-state index in [1.807, 2.05) is 0 Å². The molecule has 0 unspecified atom stereocenters. The van der Waals surface area contributed by atoms with E-state index in [4.69, 9.17) is 181 Å². The molecule has 0 aromatic heterocycles. The Hall–Kier alpha value is -0.731.